The number of aromatic nitrogens is 4. The zero-order valence-electron chi connectivity index (χ0n) is 16.6. The lowest BCUT2D eigenvalue weighted by Gasteiger charge is -2.37. The van der Waals surface area contributed by atoms with Gasteiger partial charge in [-0.15, -0.1) is 0 Å². The molecular formula is C20H25F3N6O. The number of H-pyrrole nitrogens is 1. The second-order valence-corrected chi connectivity index (χ2v) is 7.71. The summed E-state index contributed by atoms with van der Waals surface area (Å²) in [6, 6.07) is 5.60. The van der Waals surface area contributed by atoms with Crippen LogP contribution in [0.25, 0.3) is 22.4 Å². The summed E-state index contributed by atoms with van der Waals surface area (Å²) in [5.41, 5.74) is 5.74. The third kappa shape index (κ3) is 3.84. The summed E-state index contributed by atoms with van der Waals surface area (Å²) in [4.78, 5) is 10.4. The van der Waals surface area contributed by atoms with Crippen LogP contribution in [-0.4, -0.2) is 52.0 Å². The Balaban J connectivity index is 0.00000272. The van der Waals surface area contributed by atoms with E-state index in [4.69, 9.17) is 10.5 Å². The van der Waals surface area contributed by atoms with Crippen molar-refractivity contribution in [2.24, 2.45) is 11.7 Å². The molecule has 0 aliphatic carbocycles. The fraction of sp³-hybridized carbons (Fsp3) is 0.450. The molecule has 0 amide bonds. The number of hydrogen-bond acceptors (Lipinski definition) is 6. The van der Waals surface area contributed by atoms with Gasteiger partial charge in [-0.05, 0) is 30.2 Å². The number of nitrogens with zero attached hydrogens (tertiary/aromatic N) is 4. The number of halogens is 3. The van der Waals surface area contributed by atoms with E-state index < -0.39 is 11.7 Å². The van der Waals surface area contributed by atoms with E-state index in [0.717, 1.165) is 6.07 Å². The van der Waals surface area contributed by atoms with Crippen molar-refractivity contribution in [2.45, 2.75) is 32.2 Å². The summed E-state index contributed by atoms with van der Waals surface area (Å²) < 4.78 is 47.0. The van der Waals surface area contributed by atoms with E-state index in [1.54, 1.807) is 12.1 Å². The SMILES string of the molecule is CC(C)C(N)C1CN(c2ccc(C(F)(F)F)c(-c3[nH]nc4ncccc34)n2)CCO1.[HH]. The smallest absolute Gasteiger partial charge is 0.373 e. The maximum Gasteiger partial charge on any atom is 0.418 e. The molecule has 4 rings (SSSR count). The topological polar surface area (TPSA) is 93.0 Å². The molecule has 1 fully saturated rings. The number of hydrogen-bond donors (Lipinski definition) is 2. The molecule has 0 bridgehead atoms. The third-order valence-corrected chi connectivity index (χ3v) is 5.37. The van der Waals surface area contributed by atoms with Crippen molar-refractivity contribution < 1.29 is 19.3 Å². The largest absolute Gasteiger partial charge is 0.418 e. The molecule has 4 heterocycles. The number of alkyl halides is 3. The van der Waals surface area contributed by atoms with Crippen LogP contribution in [0.1, 0.15) is 20.8 Å². The number of nitrogens with one attached hydrogen (secondary N) is 1. The van der Waals surface area contributed by atoms with Crippen LogP contribution >= 0.6 is 0 Å². The zero-order valence-corrected chi connectivity index (χ0v) is 16.6. The second kappa shape index (κ2) is 7.84. The molecule has 0 saturated carbocycles. The summed E-state index contributed by atoms with van der Waals surface area (Å²) in [6.07, 6.45) is -3.25. The maximum absolute atomic E-state index is 13.7. The molecular weight excluding hydrogens is 397 g/mol. The molecule has 1 saturated heterocycles. The number of aromatic amines is 1. The molecule has 3 aromatic rings. The number of rotatable bonds is 4. The van der Waals surface area contributed by atoms with Crippen LogP contribution < -0.4 is 10.6 Å². The number of nitrogens with two attached hydrogens (primary N) is 1. The van der Waals surface area contributed by atoms with Crippen molar-refractivity contribution in [3.05, 3.63) is 36.0 Å². The van der Waals surface area contributed by atoms with E-state index in [0.29, 0.717) is 36.5 Å². The highest BCUT2D eigenvalue weighted by Crippen LogP contribution is 2.38. The van der Waals surface area contributed by atoms with Gasteiger partial charge in [-0.3, -0.25) is 5.10 Å². The average molecular weight is 422 g/mol. The van der Waals surface area contributed by atoms with Gasteiger partial charge in [-0.2, -0.15) is 18.3 Å². The Kier molecular flexibility index (Phi) is 5.37. The lowest BCUT2D eigenvalue weighted by Crippen LogP contribution is -2.52. The molecule has 2 unspecified atom stereocenters. The van der Waals surface area contributed by atoms with Crippen molar-refractivity contribution in [2.75, 3.05) is 24.6 Å². The molecule has 7 nitrogen and oxygen atoms in total. The van der Waals surface area contributed by atoms with Gasteiger partial charge < -0.3 is 15.4 Å². The van der Waals surface area contributed by atoms with E-state index in [1.807, 2.05) is 18.7 Å². The van der Waals surface area contributed by atoms with Crippen molar-refractivity contribution in [3.8, 4) is 11.4 Å². The number of fused-ring (bicyclic) bond motifs is 1. The van der Waals surface area contributed by atoms with Gasteiger partial charge >= 0.3 is 6.18 Å². The van der Waals surface area contributed by atoms with Crippen molar-refractivity contribution >= 4 is 16.9 Å². The monoisotopic (exact) mass is 422 g/mol. The minimum atomic E-state index is -4.56. The molecule has 2 atom stereocenters. The van der Waals surface area contributed by atoms with Gasteiger partial charge in [-0.25, -0.2) is 9.97 Å². The average Bonchev–Trinajstić information content (AvgIpc) is 3.16. The molecule has 3 N–H and O–H groups in total. The predicted octanol–water partition coefficient (Wildman–Crippen LogP) is 3.47. The van der Waals surface area contributed by atoms with Crippen LogP contribution in [0.4, 0.5) is 19.0 Å². The van der Waals surface area contributed by atoms with E-state index >= 15 is 0 Å². The Labute approximate surface area is 172 Å². The Morgan fingerprint density at radius 2 is 2.10 bits per heavy atom. The minimum Gasteiger partial charge on any atom is -0.373 e. The summed E-state index contributed by atoms with van der Waals surface area (Å²) in [6.45, 7) is 5.44. The van der Waals surface area contributed by atoms with Crippen LogP contribution in [-0.2, 0) is 10.9 Å². The van der Waals surface area contributed by atoms with E-state index in [2.05, 4.69) is 20.2 Å². The number of morpholine rings is 1. The quantitative estimate of drug-likeness (QED) is 0.669. The molecule has 1 aliphatic rings. The van der Waals surface area contributed by atoms with Gasteiger partial charge in [0.25, 0.3) is 0 Å². The third-order valence-electron chi connectivity index (χ3n) is 5.37. The Morgan fingerprint density at radius 1 is 1.30 bits per heavy atom. The Bertz CT molecular complexity index is 1040. The standard InChI is InChI=1S/C20H23F3N6O.H2/c1-11(2)16(24)14-10-29(8-9-30-14)15-6-5-13(20(21,22)23)18(26-15)17-12-4-3-7-25-19(12)28-27-17;/h3-7,11,14,16H,8-10,24H2,1-2H3,(H,25,27,28);1H. The molecule has 162 valence electrons. The lowest BCUT2D eigenvalue weighted by atomic mass is 9.98. The second-order valence-electron chi connectivity index (χ2n) is 7.71. The first-order valence-corrected chi connectivity index (χ1v) is 9.75. The highest BCUT2D eigenvalue weighted by atomic mass is 19.4. The predicted molar refractivity (Wildman–Crippen MR) is 109 cm³/mol. The van der Waals surface area contributed by atoms with Crippen LogP contribution in [0.2, 0.25) is 0 Å². The number of ether oxygens (including phenoxy) is 1. The zero-order chi connectivity index (χ0) is 21.5. The Hall–Kier alpha value is -2.72. The van der Waals surface area contributed by atoms with Crippen molar-refractivity contribution in [3.63, 3.8) is 0 Å². The van der Waals surface area contributed by atoms with Crippen LogP contribution in [0.15, 0.2) is 30.5 Å². The van der Waals surface area contributed by atoms with E-state index in [-0.39, 0.29) is 30.9 Å². The highest BCUT2D eigenvalue weighted by Gasteiger charge is 2.36. The molecule has 0 aromatic carbocycles. The van der Waals surface area contributed by atoms with Crippen LogP contribution in [0, 0.1) is 5.92 Å². The summed E-state index contributed by atoms with van der Waals surface area (Å²) >= 11 is 0. The van der Waals surface area contributed by atoms with Gasteiger partial charge in [0, 0.05) is 32.1 Å². The van der Waals surface area contributed by atoms with Crippen LogP contribution in [0.5, 0.6) is 0 Å². The summed E-state index contributed by atoms with van der Waals surface area (Å²) in [7, 11) is 0. The first-order valence-electron chi connectivity index (χ1n) is 9.75. The number of pyridine rings is 2. The minimum absolute atomic E-state index is 0. The molecule has 0 radical (unpaired) electrons. The van der Waals surface area contributed by atoms with Crippen molar-refractivity contribution in [1.82, 2.24) is 20.2 Å². The van der Waals surface area contributed by atoms with Gasteiger partial charge in [0.2, 0.25) is 0 Å². The molecule has 3 aromatic heterocycles. The van der Waals surface area contributed by atoms with Crippen LogP contribution in [0.3, 0.4) is 0 Å². The molecule has 30 heavy (non-hydrogen) atoms. The summed E-state index contributed by atoms with van der Waals surface area (Å²) in [5, 5.41) is 7.18. The lowest BCUT2D eigenvalue weighted by molar-refractivity contribution is -0.137. The van der Waals surface area contributed by atoms with Gasteiger partial charge in [0.1, 0.15) is 11.5 Å². The highest BCUT2D eigenvalue weighted by molar-refractivity contribution is 5.90. The molecule has 1 aliphatic heterocycles. The molecule has 0 spiro atoms. The Morgan fingerprint density at radius 3 is 2.83 bits per heavy atom. The fourth-order valence-electron chi connectivity index (χ4n) is 3.62. The van der Waals surface area contributed by atoms with Gasteiger partial charge in [-0.1, -0.05) is 13.8 Å². The fourth-order valence-corrected chi connectivity index (χ4v) is 3.62. The first kappa shape index (κ1) is 20.5. The van der Waals surface area contributed by atoms with E-state index in [1.165, 1.54) is 12.3 Å². The molecule has 10 heteroatoms. The maximum atomic E-state index is 13.7. The first-order chi connectivity index (χ1) is 14.3. The summed E-state index contributed by atoms with van der Waals surface area (Å²) in [5.74, 6) is 0.656. The number of anilines is 1. The van der Waals surface area contributed by atoms with Gasteiger partial charge in [0.05, 0.1) is 24.0 Å². The van der Waals surface area contributed by atoms with Gasteiger partial charge in [0.15, 0.2) is 5.65 Å². The van der Waals surface area contributed by atoms with Crippen molar-refractivity contribution in [1.29, 1.82) is 0 Å². The normalized spacial score (nSPS) is 18.9. The van der Waals surface area contributed by atoms with E-state index in [9.17, 15) is 13.2 Å².